The van der Waals surface area contributed by atoms with Gasteiger partial charge in [0.25, 0.3) is 0 Å². The van der Waals surface area contributed by atoms with Crippen LogP contribution in [0.3, 0.4) is 0 Å². The van der Waals surface area contributed by atoms with Gasteiger partial charge >= 0.3 is 5.97 Å². The summed E-state index contributed by atoms with van der Waals surface area (Å²) in [5.74, 6) is -4.88. The van der Waals surface area contributed by atoms with Crippen LogP contribution in [-0.4, -0.2) is 76.6 Å². The van der Waals surface area contributed by atoms with E-state index in [2.05, 4.69) is 21.3 Å². The molecule has 12 heteroatoms. The first-order valence-corrected chi connectivity index (χ1v) is 11.5. The molecule has 0 aromatic carbocycles. The molecule has 0 aromatic heterocycles. The van der Waals surface area contributed by atoms with Crippen LogP contribution in [0.25, 0.3) is 0 Å². The highest BCUT2D eigenvalue weighted by atomic mass is 16.4. The third-order valence-corrected chi connectivity index (χ3v) is 5.61. The van der Waals surface area contributed by atoms with Gasteiger partial charge in [-0.25, -0.2) is 4.79 Å². The molecule has 0 rings (SSSR count). The van der Waals surface area contributed by atoms with Gasteiger partial charge in [-0.2, -0.15) is 0 Å². The zero-order valence-corrected chi connectivity index (χ0v) is 21.0. The van der Waals surface area contributed by atoms with Crippen LogP contribution in [-0.2, 0) is 24.0 Å². The summed E-state index contributed by atoms with van der Waals surface area (Å²) < 4.78 is 0. The number of hydrogen-bond donors (Lipinski definition) is 7. The number of aliphatic carboxylic acids is 1. The molecule has 34 heavy (non-hydrogen) atoms. The lowest BCUT2D eigenvalue weighted by atomic mass is 9.97. The molecule has 0 spiro atoms. The molecule has 0 saturated carbocycles. The molecule has 12 nitrogen and oxygen atoms in total. The van der Waals surface area contributed by atoms with Crippen LogP contribution < -0.4 is 27.0 Å². The maximum Gasteiger partial charge on any atom is 0.326 e. The van der Waals surface area contributed by atoms with E-state index in [4.69, 9.17) is 5.73 Å². The molecule has 0 aromatic rings. The topological polar surface area (TPSA) is 200 Å². The molecule has 4 amide bonds. The Hall–Kier alpha value is -2.73. The van der Waals surface area contributed by atoms with E-state index < -0.39 is 72.3 Å². The first kappa shape index (κ1) is 31.3. The van der Waals surface area contributed by atoms with E-state index in [-0.39, 0.29) is 11.8 Å². The Balaban J connectivity index is 5.25. The van der Waals surface area contributed by atoms with Gasteiger partial charge in [0.15, 0.2) is 0 Å². The van der Waals surface area contributed by atoms with Gasteiger partial charge in [-0.1, -0.05) is 48.0 Å². The number of nitrogens with two attached hydrogens (primary N) is 1. The summed E-state index contributed by atoms with van der Waals surface area (Å²) in [5, 5.41) is 28.7. The second-order valence-corrected chi connectivity index (χ2v) is 9.18. The standard InChI is InChI=1S/C22H41N5O7/c1-8-12(6)17(22(33)34)27-21(32)16(11(4)5)26-19(30)14(9-28)25-18(29)13(7)24-20(31)15(23)10(2)3/h10-17,28H,8-9,23H2,1-7H3,(H,24,31)(H,25,29)(H,26,30)(H,27,32)(H,33,34)/t12-,13-,14-,15-,16-,17-/m0/s1. The van der Waals surface area contributed by atoms with Crippen molar-refractivity contribution in [3.8, 4) is 0 Å². The minimum absolute atomic E-state index is 0.147. The second kappa shape index (κ2) is 14.5. The highest BCUT2D eigenvalue weighted by Crippen LogP contribution is 2.10. The molecule has 0 fully saturated rings. The molecule has 0 heterocycles. The minimum atomic E-state index is -1.40. The lowest BCUT2D eigenvalue weighted by Crippen LogP contribution is -2.60. The van der Waals surface area contributed by atoms with Crippen molar-refractivity contribution in [2.75, 3.05) is 6.61 Å². The van der Waals surface area contributed by atoms with E-state index in [1.807, 2.05) is 0 Å². The number of carboxylic acids is 1. The molecule has 0 bridgehead atoms. The molecule has 8 N–H and O–H groups in total. The second-order valence-electron chi connectivity index (χ2n) is 9.18. The van der Waals surface area contributed by atoms with E-state index in [1.54, 1.807) is 41.5 Å². The van der Waals surface area contributed by atoms with Crippen LogP contribution in [0.15, 0.2) is 0 Å². The molecule has 0 radical (unpaired) electrons. The van der Waals surface area contributed by atoms with Crippen molar-refractivity contribution in [3.63, 3.8) is 0 Å². The first-order chi connectivity index (χ1) is 15.7. The van der Waals surface area contributed by atoms with Crippen LogP contribution in [0.4, 0.5) is 0 Å². The van der Waals surface area contributed by atoms with Crippen LogP contribution in [0.5, 0.6) is 0 Å². The number of aliphatic hydroxyl groups excluding tert-OH is 1. The third-order valence-electron chi connectivity index (χ3n) is 5.61. The first-order valence-electron chi connectivity index (χ1n) is 11.5. The lowest BCUT2D eigenvalue weighted by molar-refractivity contribution is -0.144. The summed E-state index contributed by atoms with van der Waals surface area (Å²) in [6.07, 6.45) is 0.519. The van der Waals surface area contributed by atoms with Crippen LogP contribution in [0.1, 0.15) is 54.9 Å². The number of hydrogen-bond acceptors (Lipinski definition) is 7. The zero-order valence-electron chi connectivity index (χ0n) is 21.0. The summed E-state index contributed by atoms with van der Waals surface area (Å²) in [7, 11) is 0. The molecule has 196 valence electrons. The number of aliphatic hydroxyl groups is 1. The molecular weight excluding hydrogens is 446 g/mol. The number of carbonyl (C=O) groups is 5. The van der Waals surface area contributed by atoms with Crippen molar-refractivity contribution in [1.82, 2.24) is 21.3 Å². The van der Waals surface area contributed by atoms with Crippen molar-refractivity contribution in [3.05, 3.63) is 0 Å². The van der Waals surface area contributed by atoms with Crippen molar-refractivity contribution in [2.24, 2.45) is 23.5 Å². The fraction of sp³-hybridized carbons (Fsp3) is 0.773. The SMILES string of the molecule is CC[C@H](C)[C@H](NC(=O)[C@@H](NC(=O)[C@H](CO)NC(=O)[C@H](C)NC(=O)[C@@H](N)C(C)C)C(C)C)C(=O)O. The van der Waals surface area contributed by atoms with Gasteiger partial charge < -0.3 is 37.2 Å². The maximum atomic E-state index is 12.7. The van der Waals surface area contributed by atoms with Crippen molar-refractivity contribution in [2.45, 2.75) is 85.1 Å². The molecular formula is C22H41N5O7. The van der Waals surface area contributed by atoms with E-state index >= 15 is 0 Å². The monoisotopic (exact) mass is 487 g/mol. The Kier molecular flexibility index (Phi) is 13.3. The average molecular weight is 488 g/mol. The Labute approximate surface area is 200 Å². The van der Waals surface area contributed by atoms with Crippen LogP contribution >= 0.6 is 0 Å². The Morgan fingerprint density at radius 2 is 1.26 bits per heavy atom. The Morgan fingerprint density at radius 3 is 1.68 bits per heavy atom. The number of rotatable bonds is 14. The molecule has 6 atom stereocenters. The molecule has 0 unspecified atom stereocenters. The predicted molar refractivity (Wildman–Crippen MR) is 125 cm³/mol. The maximum absolute atomic E-state index is 12.7. The smallest absolute Gasteiger partial charge is 0.326 e. The number of amides is 4. The quantitative estimate of drug-likeness (QED) is 0.157. The van der Waals surface area contributed by atoms with Crippen molar-refractivity contribution >= 4 is 29.6 Å². The Bertz CT molecular complexity index is 728. The van der Waals surface area contributed by atoms with Crippen LogP contribution in [0.2, 0.25) is 0 Å². The zero-order chi connectivity index (χ0) is 26.7. The minimum Gasteiger partial charge on any atom is -0.480 e. The third kappa shape index (κ3) is 9.64. The van der Waals surface area contributed by atoms with Crippen LogP contribution in [0, 0.1) is 17.8 Å². The number of nitrogens with one attached hydrogen (secondary N) is 4. The largest absolute Gasteiger partial charge is 0.480 e. The summed E-state index contributed by atoms with van der Waals surface area (Å²) >= 11 is 0. The van der Waals surface area contributed by atoms with Gasteiger partial charge in [0.2, 0.25) is 23.6 Å². The summed E-state index contributed by atoms with van der Waals surface area (Å²) in [6, 6.07) is -5.49. The van der Waals surface area contributed by atoms with Gasteiger partial charge in [0.05, 0.1) is 12.6 Å². The summed E-state index contributed by atoms with van der Waals surface area (Å²) in [5.41, 5.74) is 5.75. The summed E-state index contributed by atoms with van der Waals surface area (Å²) in [6.45, 7) is 10.9. The highest BCUT2D eigenvalue weighted by molar-refractivity contribution is 5.95. The highest BCUT2D eigenvalue weighted by Gasteiger charge is 2.33. The lowest BCUT2D eigenvalue weighted by Gasteiger charge is -2.28. The van der Waals surface area contributed by atoms with Gasteiger partial charge in [-0.15, -0.1) is 0 Å². The normalized spacial score (nSPS) is 16.6. The molecule has 0 aliphatic rings. The van der Waals surface area contributed by atoms with E-state index in [9.17, 15) is 34.2 Å². The van der Waals surface area contributed by atoms with E-state index in [1.165, 1.54) is 6.92 Å². The van der Waals surface area contributed by atoms with E-state index in [0.717, 1.165) is 0 Å². The van der Waals surface area contributed by atoms with Gasteiger partial charge in [-0.3, -0.25) is 19.2 Å². The molecule has 0 aliphatic carbocycles. The predicted octanol–water partition coefficient (Wildman–Crippen LogP) is -1.29. The van der Waals surface area contributed by atoms with Crippen molar-refractivity contribution in [1.29, 1.82) is 0 Å². The van der Waals surface area contributed by atoms with Gasteiger partial charge in [-0.05, 0) is 24.7 Å². The number of carbonyl (C=O) groups excluding carboxylic acids is 4. The average Bonchev–Trinajstić information content (AvgIpc) is 2.76. The van der Waals surface area contributed by atoms with Gasteiger partial charge in [0.1, 0.15) is 24.2 Å². The fourth-order valence-corrected chi connectivity index (χ4v) is 2.88. The Morgan fingerprint density at radius 1 is 0.735 bits per heavy atom. The molecule has 0 aliphatic heterocycles. The van der Waals surface area contributed by atoms with E-state index in [0.29, 0.717) is 6.42 Å². The van der Waals surface area contributed by atoms with Gasteiger partial charge in [0, 0.05) is 0 Å². The molecule has 0 saturated heterocycles. The summed E-state index contributed by atoms with van der Waals surface area (Å²) in [4.78, 5) is 61.4. The number of carboxylic acid groups (broad SMARTS) is 1. The fourth-order valence-electron chi connectivity index (χ4n) is 2.88. The van der Waals surface area contributed by atoms with Crippen molar-refractivity contribution < 1.29 is 34.2 Å².